The van der Waals surface area contributed by atoms with Crippen molar-refractivity contribution in [1.82, 2.24) is 4.98 Å². The summed E-state index contributed by atoms with van der Waals surface area (Å²) in [6.45, 7) is 4.74. The number of benzene rings is 1. The molecule has 5 heteroatoms. The minimum absolute atomic E-state index is 0.118. The van der Waals surface area contributed by atoms with Gasteiger partial charge in [-0.15, -0.1) is 0 Å². The van der Waals surface area contributed by atoms with E-state index in [1.54, 1.807) is 12.1 Å². The van der Waals surface area contributed by atoms with Crippen LogP contribution < -0.4 is 4.90 Å². The first-order valence-corrected chi connectivity index (χ1v) is 7.07. The molecule has 1 aromatic heterocycles. The highest BCUT2D eigenvalue weighted by atomic mass is 35.5. The smallest absolute Gasteiger partial charge is 0.356 e. The molecule has 0 spiro atoms. The monoisotopic (exact) mass is 304 g/mol. The van der Waals surface area contributed by atoms with Crippen molar-refractivity contribution in [3.63, 3.8) is 0 Å². The molecule has 1 N–H and O–H groups in total. The Bertz CT molecular complexity index is 629. The van der Waals surface area contributed by atoms with Crippen LogP contribution in [0.5, 0.6) is 0 Å². The standard InChI is InChI=1S/C16H17ClN2O2/c1-11(2)19(10-12-6-4-3-5-7-12)14-9-8-13(17)15(18-14)16(20)21/h3-9,11H,10H2,1-2H3,(H,20,21). The molecule has 0 radical (unpaired) electrons. The fraction of sp³-hybridized carbons (Fsp3) is 0.250. The van der Waals surface area contributed by atoms with Crippen LogP contribution in [0.3, 0.4) is 0 Å². The molecular formula is C16H17ClN2O2. The normalized spacial score (nSPS) is 10.7. The average Bonchev–Trinajstić information content (AvgIpc) is 2.46. The van der Waals surface area contributed by atoms with Gasteiger partial charge in [-0.1, -0.05) is 41.9 Å². The Morgan fingerprint density at radius 2 is 1.90 bits per heavy atom. The third kappa shape index (κ3) is 3.73. The molecule has 0 aliphatic rings. The number of aromatic nitrogens is 1. The highest BCUT2D eigenvalue weighted by Crippen LogP contribution is 2.22. The van der Waals surface area contributed by atoms with Crippen LogP contribution in [0.1, 0.15) is 29.9 Å². The minimum Gasteiger partial charge on any atom is -0.476 e. The fourth-order valence-electron chi connectivity index (χ4n) is 2.05. The second-order valence-electron chi connectivity index (χ2n) is 5.01. The van der Waals surface area contributed by atoms with Crippen molar-refractivity contribution in [2.24, 2.45) is 0 Å². The molecule has 110 valence electrons. The quantitative estimate of drug-likeness (QED) is 0.911. The van der Waals surface area contributed by atoms with Gasteiger partial charge in [-0.3, -0.25) is 0 Å². The first-order valence-electron chi connectivity index (χ1n) is 6.69. The van der Waals surface area contributed by atoms with Gasteiger partial charge in [-0.05, 0) is 31.5 Å². The van der Waals surface area contributed by atoms with Gasteiger partial charge in [-0.25, -0.2) is 9.78 Å². The van der Waals surface area contributed by atoms with Crippen molar-refractivity contribution in [1.29, 1.82) is 0 Å². The predicted octanol–water partition coefficient (Wildman–Crippen LogP) is 3.85. The zero-order chi connectivity index (χ0) is 15.4. The second-order valence-corrected chi connectivity index (χ2v) is 5.42. The SMILES string of the molecule is CC(C)N(Cc1ccccc1)c1ccc(Cl)c(C(=O)O)n1. The Morgan fingerprint density at radius 3 is 2.48 bits per heavy atom. The van der Waals surface area contributed by atoms with Crippen LogP contribution in [0.4, 0.5) is 5.82 Å². The first-order chi connectivity index (χ1) is 9.99. The average molecular weight is 305 g/mol. The van der Waals surface area contributed by atoms with Crippen LogP contribution in [0.2, 0.25) is 5.02 Å². The van der Waals surface area contributed by atoms with Crippen molar-refractivity contribution in [3.05, 3.63) is 58.7 Å². The van der Waals surface area contributed by atoms with Gasteiger partial charge in [0.05, 0.1) is 5.02 Å². The van der Waals surface area contributed by atoms with Gasteiger partial charge in [0.15, 0.2) is 5.69 Å². The molecule has 4 nitrogen and oxygen atoms in total. The zero-order valence-electron chi connectivity index (χ0n) is 12.0. The van der Waals surface area contributed by atoms with Gasteiger partial charge in [-0.2, -0.15) is 0 Å². The zero-order valence-corrected chi connectivity index (χ0v) is 12.7. The van der Waals surface area contributed by atoms with Gasteiger partial charge < -0.3 is 10.0 Å². The van der Waals surface area contributed by atoms with E-state index in [-0.39, 0.29) is 16.8 Å². The van der Waals surface area contributed by atoms with Crippen molar-refractivity contribution >= 4 is 23.4 Å². The molecule has 0 amide bonds. The van der Waals surface area contributed by atoms with E-state index >= 15 is 0 Å². The lowest BCUT2D eigenvalue weighted by atomic mass is 10.2. The van der Waals surface area contributed by atoms with Gasteiger partial charge in [0, 0.05) is 12.6 Å². The summed E-state index contributed by atoms with van der Waals surface area (Å²) in [6, 6.07) is 13.5. The summed E-state index contributed by atoms with van der Waals surface area (Å²) < 4.78 is 0. The Balaban J connectivity index is 2.35. The van der Waals surface area contributed by atoms with E-state index in [1.807, 2.05) is 49.1 Å². The number of aromatic carboxylic acids is 1. The number of carboxylic acid groups (broad SMARTS) is 1. The van der Waals surface area contributed by atoms with Crippen molar-refractivity contribution < 1.29 is 9.90 Å². The summed E-state index contributed by atoms with van der Waals surface area (Å²) in [5.41, 5.74) is 1.02. The number of nitrogens with zero attached hydrogens (tertiary/aromatic N) is 2. The Morgan fingerprint density at radius 1 is 1.24 bits per heavy atom. The topological polar surface area (TPSA) is 53.4 Å². The molecule has 0 bridgehead atoms. The maximum absolute atomic E-state index is 11.2. The molecule has 0 aliphatic heterocycles. The summed E-state index contributed by atoms with van der Waals surface area (Å²) in [4.78, 5) is 17.4. The molecule has 2 rings (SSSR count). The molecule has 1 aromatic carbocycles. The second kappa shape index (κ2) is 6.59. The van der Waals surface area contributed by atoms with E-state index in [0.29, 0.717) is 12.4 Å². The number of hydrogen-bond donors (Lipinski definition) is 1. The van der Waals surface area contributed by atoms with Crippen molar-refractivity contribution in [2.45, 2.75) is 26.4 Å². The Hall–Kier alpha value is -2.07. The van der Waals surface area contributed by atoms with E-state index in [0.717, 1.165) is 5.56 Å². The molecule has 0 unspecified atom stereocenters. The summed E-state index contributed by atoms with van der Waals surface area (Å²) in [7, 11) is 0. The molecule has 0 fully saturated rings. The highest BCUT2D eigenvalue weighted by molar-refractivity contribution is 6.33. The predicted molar refractivity (Wildman–Crippen MR) is 84.0 cm³/mol. The third-order valence-electron chi connectivity index (χ3n) is 3.15. The largest absolute Gasteiger partial charge is 0.476 e. The third-order valence-corrected chi connectivity index (χ3v) is 3.45. The molecule has 0 aliphatic carbocycles. The van der Waals surface area contributed by atoms with Gasteiger partial charge >= 0.3 is 5.97 Å². The van der Waals surface area contributed by atoms with E-state index in [9.17, 15) is 4.79 Å². The van der Waals surface area contributed by atoms with Crippen molar-refractivity contribution in [3.8, 4) is 0 Å². The Kier molecular flexibility index (Phi) is 4.81. The number of hydrogen-bond acceptors (Lipinski definition) is 3. The maximum Gasteiger partial charge on any atom is 0.356 e. The van der Waals surface area contributed by atoms with Crippen LogP contribution in [0.25, 0.3) is 0 Å². The molecular weight excluding hydrogens is 288 g/mol. The van der Waals surface area contributed by atoms with E-state index in [2.05, 4.69) is 4.98 Å². The lowest BCUT2D eigenvalue weighted by Gasteiger charge is -2.28. The summed E-state index contributed by atoms with van der Waals surface area (Å²) in [5.74, 6) is -0.513. The van der Waals surface area contributed by atoms with E-state index in [4.69, 9.17) is 16.7 Å². The minimum atomic E-state index is -1.12. The molecule has 0 saturated carbocycles. The van der Waals surface area contributed by atoms with Crippen molar-refractivity contribution in [2.75, 3.05) is 4.90 Å². The molecule has 21 heavy (non-hydrogen) atoms. The van der Waals surface area contributed by atoms with E-state index < -0.39 is 5.97 Å². The lowest BCUT2D eigenvalue weighted by Crippen LogP contribution is -2.31. The van der Waals surface area contributed by atoms with Crippen LogP contribution in [-0.4, -0.2) is 22.1 Å². The van der Waals surface area contributed by atoms with Crippen LogP contribution in [0, 0.1) is 0 Å². The van der Waals surface area contributed by atoms with Crippen LogP contribution in [0.15, 0.2) is 42.5 Å². The number of halogens is 1. The molecule has 0 saturated heterocycles. The number of anilines is 1. The number of rotatable bonds is 5. The molecule has 1 heterocycles. The number of carbonyl (C=O) groups is 1. The van der Waals surface area contributed by atoms with Gasteiger partial charge in [0.25, 0.3) is 0 Å². The molecule has 0 atom stereocenters. The first kappa shape index (κ1) is 15.3. The summed E-state index contributed by atoms with van der Waals surface area (Å²) >= 11 is 5.87. The van der Waals surface area contributed by atoms with Gasteiger partial charge in [0.1, 0.15) is 5.82 Å². The van der Waals surface area contributed by atoms with Crippen LogP contribution >= 0.6 is 11.6 Å². The molecule has 2 aromatic rings. The van der Waals surface area contributed by atoms with Crippen LogP contribution in [-0.2, 0) is 6.54 Å². The fourth-order valence-corrected chi connectivity index (χ4v) is 2.24. The maximum atomic E-state index is 11.2. The summed E-state index contributed by atoms with van der Waals surface area (Å²) in [5, 5.41) is 9.28. The van der Waals surface area contributed by atoms with Gasteiger partial charge in [0.2, 0.25) is 0 Å². The number of carboxylic acids is 1. The Labute approximate surface area is 129 Å². The highest BCUT2D eigenvalue weighted by Gasteiger charge is 2.17. The lowest BCUT2D eigenvalue weighted by molar-refractivity contribution is 0.0691. The van der Waals surface area contributed by atoms with E-state index in [1.165, 1.54) is 0 Å². The number of pyridine rings is 1. The summed E-state index contributed by atoms with van der Waals surface area (Å²) in [6.07, 6.45) is 0.